The first-order valence-corrected chi connectivity index (χ1v) is 11.6. The molecule has 3 heterocycles. The molecule has 0 radical (unpaired) electrons. The van der Waals surface area contributed by atoms with Crippen LogP contribution in [0.5, 0.6) is 0 Å². The van der Waals surface area contributed by atoms with Crippen molar-refractivity contribution in [2.75, 3.05) is 46.3 Å². The third kappa shape index (κ3) is 7.18. The maximum atomic E-state index is 4.94. The fourth-order valence-corrected chi connectivity index (χ4v) is 4.42. The van der Waals surface area contributed by atoms with Crippen molar-refractivity contribution < 1.29 is 4.52 Å². The van der Waals surface area contributed by atoms with E-state index in [-0.39, 0.29) is 24.0 Å². The highest BCUT2D eigenvalue weighted by molar-refractivity contribution is 14.0. The van der Waals surface area contributed by atoms with E-state index in [1.54, 1.807) is 6.26 Å². The average Bonchev–Trinajstić information content (AvgIpc) is 3.31. The third-order valence-corrected chi connectivity index (χ3v) is 6.52. The van der Waals surface area contributed by atoms with Crippen molar-refractivity contribution >= 4 is 29.9 Å². The molecule has 2 aliphatic rings. The molecule has 0 aliphatic carbocycles. The number of hydrogen-bond acceptors (Lipinski definition) is 5. The van der Waals surface area contributed by atoms with Crippen LogP contribution in [0.4, 0.5) is 0 Å². The summed E-state index contributed by atoms with van der Waals surface area (Å²) < 4.78 is 4.94. The van der Waals surface area contributed by atoms with Gasteiger partial charge in [0.1, 0.15) is 6.26 Å². The summed E-state index contributed by atoms with van der Waals surface area (Å²) in [5, 5.41) is 7.56. The monoisotopic (exact) mass is 552 g/mol. The minimum Gasteiger partial charge on any atom is -0.364 e. The molecule has 4 rings (SSSR count). The van der Waals surface area contributed by atoms with Gasteiger partial charge in [-0.2, -0.15) is 0 Å². The van der Waals surface area contributed by atoms with Gasteiger partial charge in [-0.3, -0.25) is 14.8 Å². The van der Waals surface area contributed by atoms with Gasteiger partial charge >= 0.3 is 0 Å². The van der Waals surface area contributed by atoms with Gasteiger partial charge in [-0.05, 0) is 43.0 Å². The number of rotatable bonds is 6. The topological polar surface area (TPSA) is 60.1 Å². The predicted molar refractivity (Wildman–Crippen MR) is 139 cm³/mol. The van der Waals surface area contributed by atoms with Crippen LogP contribution in [0.1, 0.15) is 36.6 Å². The molecule has 2 saturated heterocycles. The zero-order valence-corrected chi connectivity index (χ0v) is 21.7. The van der Waals surface area contributed by atoms with Crippen LogP contribution in [0.15, 0.2) is 46.1 Å². The lowest BCUT2D eigenvalue weighted by molar-refractivity contribution is 0.169. The Bertz CT molecular complexity index is 810. The van der Waals surface area contributed by atoms with Gasteiger partial charge < -0.3 is 14.7 Å². The van der Waals surface area contributed by atoms with Crippen LogP contribution in [0.3, 0.4) is 0 Å². The first-order valence-electron chi connectivity index (χ1n) is 11.6. The molecule has 0 unspecified atom stereocenters. The molecule has 0 spiro atoms. The highest BCUT2D eigenvalue weighted by Crippen LogP contribution is 2.18. The van der Waals surface area contributed by atoms with Crippen LogP contribution in [0.2, 0.25) is 0 Å². The quantitative estimate of drug-likeness (QED) is 0.337. The number of nitrogens with zero attached hydrogens (tertiary/aromatic N) is 5. The van der Waals surface area contributed by atoms with Crippen LogP contribution in [-0.4, -0.2) is 72.1 Å². The molecule has 1 aromatic heterocycles. The van der Waals surface area contributed by atoms with Gasteiger partial charge in [-0.1, -0.05) is 36.3 Å². The molecular weight excluding hydrogens is 515 g/mol. The molecule has 0 amide bonds. The molecule has 0 bridgehead atoms. The van der Waals surface area contributed by atoms with Crippen molar-refractivity contribution in [3.63, 3.8) is 0 Å². The predicted octanol–water partition coefficient (Wildman–Crippen LogP) is 3.42. The van der Waals surface area contributed by atoms with E-state index < -0.39 is 0 Å². The van der Waals surface area contributed by atoms with Gasteiger partial charge in [0.2, 0.25) is 0 Å². The highest BCUT2D eigenvalue weighted by Gasteiger charge is 2.20. The Hall–Kier alpha value is -1.65. The summed E-state index contributed by atoms with van der Waals surface area (Å²) in [6, 6.07) is 11.0. The smallest absolute Gasteiger partial charge is 0.194 e. The lowest BCUT2D eigenvalue weighted by atomic mass is 9.99. The van der Waals surface area contributed by atoms with Crippen LogP contribution in [-0.2, 0) is 19.6 Å². The Balaban J connectivity index is 0.00000289. The zero-order chi connectivity index (χ0) is 21.5. The number of piperazine rings is 1. The van der Waals surface area contributed by atoms with Gasteiger partial charge in [-0.15, -0.1) is 24.0 Å². The normalized spacial score (nSPS) is 19.1. The van der Waals surface area contributed by atoms with Crippen molar-refractivity contribution in [1.29, 1.82) is 0 Å². The second-order valence-electron chi connectivity index (χ2n) is 8.93. The van der Waals surface area contributed by atoms with E-state index >= 15 is 0 Å². The molecule has 2 fully saturated rings. The van der Waals surface area contributed by atoms with E-state index in [1.807, 2.05) is 13.1 Å². The van der Waals surface area contributed by atoms with Crippen LogP contribution in [0.25, 0.3) is 0 Å². The summed E-state index contributed by atoms with van der Waals surface area (Å²) in [5.74, 6) is 1.86. The van der Waals surface area contributed by atoms with Gasteiger partial charge in [0, 0.05) is 58.9 Å². The Kier molecular flexibility index (Phi) is 9.80. The largest absolute Gasteiger partial charge is 0.364 e. The van der Waals surface area contributed by atoms with Crippen molar-refractivity contribution in [3.8, 4) is 0 Å². The number of guanidine groups is 1. The standard InChI is InChI=1S/C24H36N6O.HI/c1-20-7-10-28(11-8-20)18-22-5-3-21(4-6-22)17-26-24(25-2)30-14-12-29(13-15-30)19-23-9-16-31-27-23;/h3-6,9,16,20H,7-8,10-15,17-19H2,1-2H3,(H,25,26);1H. The Morgan fingerprint density at radius 2 is 1.62 bits per heavy atom. The molecule has 176 valence electrons. The maximum absolute atomic E-state index is 4.94. The van der Waals surface area contributed by atoms with E-state index in [0.717, 1.165) is 63.4 Å². The van der Waals surface area contributed by atoms with E-state index in [9.17, 15) is 0 Å². The Labute approximate surface area is 209 Å². The third-order valence-electron chi connectivity index (χ3n) is 6.52. The fraction of sp³-hybridized carbons (Fsp3) is 0.583. The molecule has 2 aromatic rings. The van der Waals surface area contributed by atoms with E-state index in [2.05, 4.69) is 61.4 Å². The molecule has 0 saturated carbocycles. The summed E-state index contributed by atoms with van der Waals surface area (Å²) in [7, 11) is 1.87. The summed E-state index contributed by atoms with van der Waals surface area (Å²) >= 11 is 0. The van der Waals surface area contributed by atoms with Crippen molar-refractivity contribution in [3.05, 3.63) is 53.4 Å². The SMILES string of the molecule is CN=C(NCc1ccc(CN2CCC(C)CC2)cc1)N1CCN(Cc2ccon2)CC1.I. The molecule has 8 heteroatoms. The van der Waals surface area contributed by atoms with E-state index in [1.165, 1.54) is 37.1 Å². The molecule has 2 aliphatic heterocycles. The minimum atomic E-state index is 0. The summed E-state index contributed by atoms with van der Waals surface area (Å²) in [4.78, 5) is 11.8. The maximum Gasteiger partial charge on any atom is 0.194 e. The van der Waals surface area contributed by atoms with Gasteiger partial charge in [0.15, 0.2) is 5.96 Å². The number of nitrogens with one attached hydrogen (secondary N) is 1. The molecule has 0 atom stereocenters. The average molecular weight is 553 g/mol. The first-order chi connectivity index (χ1) is 15.2. The lowest BCUT2D eigenvalue weighted by Crippen LogP contribution is -2.52. The number of hydrogen-bond donors (Lipinski definition) is 1. The number of aromatic nitrogens is 1. The number of piperidine rings is 1. The fourth-order valence-electron chi connectivity index (χ4n) is 4.42. The highest BCUT2D eigenvalue weighted by atomic mass is 127. The Morgan fingerprint density at radius 1 is 0.969 bits per heavy atom. The summed E-state index contributed by atoms with van der Waals surface area (Å²) in [6.45, 7) is 11.5. The van der Waals surface area contributed by atoms with Gasteiger partial charge in [0.05, 0.1) is 5.69 Å². The van der Waals surface area contributed by atoms with Crippen LogP contribution < -0.4 is 5.32 Å². The van der Waals surface area contributed by atoms with Crippen molar-refractivity contribution in [2.45, 2.75) is 39.4 Å². The number of aliphatic imine (C=N–C) groups is 1. The number of benzene rings is 1. The molecule has 32 heavy (non-hydrogen) atoms. The number of halogens is 1. The van der Waals surface area contributed by atoms with E-state index in [4.69, 9.17) is 4.52 Å². The molecule has 1 N–H and O–H groups in total. The summed E-state index contributed by atoms with van der Waals surface area (Å²) in [6.07, 6.45) is 4.29. The minimum absolute atomic E-state index is 0. The lowest BCUT2D eigenvalue weighted by Gasteiger charge is -2.36. The van der Waals surface area contributed by atoms with Crippen LogP contribution >= 0.6 is 24.0 Å². The second kappa shape index (κ2) is 12.6. The number of likely N-dealkylation sites (tertiary alicyclic amines) is 1. The molecular formula is C24H37IN6O. The Morgan fingerprint density at radius 3 is 2.25 bits per heavy atom. The van der Waals surface area contributed by atoms with Crippen molar-refractivity contribution in [1.82, 2.24) is 25.2 Å². The second-order valence-corrected chi connectivity index (χ2v) is 8.93. The van der Waals surface area contributed by atoms with E-state index in [0.29, 0.717) is 0 Å². The molecule has 1 aromatic carbocycles. The van der Waals surface area contributed by atoms with Gasteiger partial charge in [-0.25, -0.2) is 0 Å². The zero-order valence-electron chi connectivity index (χ0n) is 19.4. The first kappa shape index (κ1) is 25.0. The van der Waals surface area contributed by atoms with Crippen LogP contribution in [0, 0.1) is 5.92 Å². The molecule has 7 nitrogen and oxygen atoms in total. The van der Waals surface area contributed by atoms with Gasteiger partial charge in [0.25, 0.3) is 0 Å². The van der Waals surface area contributed by atoms with Crippen molar-refractivity contribution in [2.24, 2.45) is 10.9 Å². The summed E-state index contributed by atoms with van der Waals surface area (Å²) in [5.41, 5.74) is 3.70.